The third-order valence-corrected chi connectivity index (χ3v) is 5.42. The zero-order chi connectivity index (χ0) is 21.4. The highest BCUT2D eigenvalue weighted by Crippen LogP contribution is 2.30. The van der Waals surface area contributed by atoms with Crippen LogP contribution in [0.3, 0.4) is 0 Å². The molecular formula is C24H20N4O3. The number of aromatic nitrogens is 2. The largest absolute Gasteiger partial charge is 0.459 e. The number of carbonyl (C=O) groups is 2. The van der Waals surface area contributed by atoms with Crippen molar-refractivity contribution >= 4 is 23.1 Å². The molecule has 0 bridgehead atoms. The Morgan fingerprint density at radius 2 is 1.94 bits per heavy atom. The van der Waals surface area contributed by atoms with E-state index in [9.17, 15) is 9.59 Å². The average molecular weight is 412 g/mol. The van der Waals surface area contributed by atoms with Crippen molar-refractivity contribution in [2.45, 2.75) is 19.5 Å². The van der Waals surface area contributed by atoms with Crippen LogP contribution in [0.15, 0.2) is 77.7 Å². The Labute approximate surface area is 178 Å². The normalized spacial score (nSPS) is 14.7. The molecule has 31 heavy (non-hydrogen) atoms. The molecule has 1 atom stereocenters. The van der Waals surface area contributed by atoms with Crippen molar-refractivity contribution in [3.8, 4) is 0 Å². The summed E-state index contributed by atoms with van der Waals surface area (Å²) in [6.07, 6.45) is 5.07. The van der Waals surface area contributed by atoms with Gasteiger partial charge in [-0.2, -0.15) is 0 Å². The zero-order valence-corrected chi connectivity index (χ0v) is 16.8. The summed E-state index contributed by atoms with van der Waals surface area (Å²) < 4.78 is 7.21. The van der Waals surface area contributed by atoms with Gasteiger partial charge in [-0.15, -0.1) is 0 Å². The van der Waals surface area contributed by atoms with Gasteiger partial charge >= 0.3 is 0 Å². The Bertz CT molecular complexity index is 1270. The summed E-state index contributed by atoms with van der Waals surface area (Å²) in [7, 11) is 0. The highest BCUT2D eigenvalue weighted by Gasteiger charge is 2.29. The van der Waals surface area contributed by atoms with Gasteiger partial charge in [0, 0.05) is 34.9 Å². The fraction of sp³-hybridized carbons (Fsp3) is 0.125. The van der Waals surface area contributed by atoms with Gasteiger partial charge in [-0.1, -0.05) is 18.2 Å². The monoisotopic (exact) mass is 412 g/mol. The second kappa shape index (κ2) is 7.60. The number of anilines is 2. The minimum atomic E-state index is -0.607. The summed E-state index contributed by atoms with van der Waals surface area (Å²) in [6.45, 7) is 2.46. The minimum Gasteiger partial charge on any atom is -0.459 e. The zero-order valence-electron chi connectivity index (χ0n) is 16.8. The summed E-state index contributed by atoms with van der Waals surface area (Å²) in [6, 6.07) is 15.9. The standard InChI is InChI=1S/C24H20N4O3/c1-15-10-13-31-22(15)24(30)26-18-8-6-16(7-9-18)21(29)20-23-25-11-12-28(23)14-17-4-2-3-5-19(17)27-20/h2-13,20,27H,14H2,1H3,(H,26,30). The van der Waals surface area contributed by atoms with Crippen molar-refractivity contribution in [1.29, 1.82) is 0 Å². The maximum Gasteiger partial charge on any atom is 0.291 e. The number of hydrogen-bond acceptors (Lipinski definition) is 5. The number of rotatable bonds is 4. The average Bonchev–Trinajstić information content (AvgIpc) is 3.39. The Morgan fingerprint density at radius 3 is 2.71 bits per heavy atom. The molecule has 0 fully saturated rings. The number of para-hydroxylation sites is 1. The highest BCUT2D eigenvalue weighted by molar-refractivity contribution is 6.04. The Kier molecular flexibility index (Phi) is 4.63. The molecule has 2 aromatic heterocycles. The Balaban J connectivity index is 1.39. The van der Waals surface area contributed by atoms with Crippen LogP contribution in [0.4, 0.5) is 11.4 Å². The van der Waals surface area contributed by atoms with Gasteiger partial charge in [0.05, 0.1) is 12.8 Å². The molecule has 0 saturated carbocycles. The van der Waals surface area contributed by atoms with Gasteiger partial charge in [-0.25, -0.2) is 4.98 Å². The molecule has 1 aliphatic rings. The first-order valence-corrected chi connectivity index (χ1v) is 9.95. The number of amides is 1. The first kappa shape index (κ1) is 18.9. The van der Waals surface area contributed by atoms with Gasteiger partial charge in [-0.3, -0.25) is 9.59 Å². The molecule has 154 valence electrons. The molecule has 1 amide bonds. The van der Waals surface area contributed by atoms with E-state index in [1.807, 2.05) is 42.0 Å². The van der Waals surface area contributed by atoms with E-state index in [2.05, 4.69) is 15.6 Å². The number of hydrogen-bond donors (Lipinski definition) is 2. The molecule has 7 heteroatoms. The van der Waals surface area contributed by atoms with Crippen LogP contribution in [0.1, 0.15) is 43.9 Å². The van der Waals surface area contributed by atoms with Gasteiger partial charge < -0.3 is 19.6 Å². The number of Topliss-reactive ketones (excluding diaryl/α,β-unsaturated/α-hetero) is 1. The third-order valence-electron chi connectivity index (χ3n) is 5.42. The number of imidazole rings is 1. The molecule has 1 unspecified atom stereocenters. The molecule has 0 saturated heterocycles. The quantitative estimate of drug-likeness (QED) is 0.484. The van der Waals surface area contributed by atoms with Crippen molar-refractivity contribution in [3.05, 3.63) is 102 Å². The first-order valence-electron chi connectivity index (χ1n) is 9.95. The second-order valence-corrected chi connectivity index (χ2v) is 7.48. The summed E-state index contributed by atoms with van der Waals surface area (Å²) in [5, 5.41) is 6.15. The van der Waals surface area contributed by atoms with E-state index < -0.39 is 6.04 Å². The Morgan fingerprint density at radius 1 is 1.13 bits per heavy atom. The molecule has 0 spiro atoms. The van der Waals surface area contributed by atoms with Gasteiger partial charge in [0.15, 0.2) is 11.5 Å². The molecule has 5 rings (SSSR count). The van der Waals surface area contributed by atoms with Gasteiger partial charge in [-0.05, 0) is 48.9 Å². The topological polar surface area (TPSA) is 89.2 Å². The van der Waals surface area contributed by atoms with Crippen molar-refractivity contribution < 1.29 is 14.0 Å². The van der Waals surface area contributed by atoms with Gasteiger partial charge in [0.1, 0.15) is 11.9 Å². The van der Waals surface area contributed by atoms with Crippen molar-refractivity contribution in [1.82, 2.24) is 9.55 Å². The number of carbonyl (C=O) groups excluding carboxylic acids is 2. The third kappa shape index (κ3) is 3.50. The molecule has 3 heterocycles. The molecule has 2 aromatic carbocycles. The fourth-order valence-electron chi connectivity index (χ4n) is 3.78. The number of aryl methyl sites for hydroxylation is 1. The van der Waals surface area contributed by atoms with Crippen LogP contribution in [0.5, 0.6) is 0 Å². The van der Waals surface area contributed by atoms with Crippen LogP contribution >= 0.6 is 0 Å². The Hall–Kier alpha value is -4.13. The summed E-state index contributed by atoms with van der Waals surface area (Å²) in [5.74, 6) is 0.523. The first-order chi connectivity index (χ1) is 15.1. The maximum absolute atomic E-state index is 13.4. The lowest BCUT2D eigenvalue weighted by Gasteiger charge is -2.17. The van der Waals surface area contributed by atoms with E-state index in [0.717, 1.165) is 16.8 Å². The van der Waals surface area contributed by atoms with E-state index in [0.29, 0.717) is 23.6 Å². The number of nitrogens with one attached hydrogen (secondary N) is 2. The van der Waals surface area contributed by atoms with E-state index in [1.165, 1.54) is 6.26 Å². The van der Waals surface area contributed by atoms with E-state index in [1.54, 1.807) is 36.5 Å². The van der Waals surface area contributed by atoms with E-state index >= 15 is 0 Å². The molecule has 7 nitrogen and oxygen atoms in total. The van der Waals surface area contributed by atoms with Crippen molar-refractivity contribution in [2.24, 2.45) is 0 Å². The van der Waals surface area contributed by atoms with Crippen LogP contribution < -0.4 is 10.6 Å². The predicted molar refractivity (Wildman–Crippen MR) is 116 cm³/mol. The minimum absolute atomic E-state index is 0.0936. The predicted octanol–water partition coefficient (Wildman–Crippen LogP) is 4.43. The number of ketones is 1. The van der Waals surface area contributed by atoms with Crippen LogP contribution in [0.2, 0.25) is 0 Å². The van der Waals surface area contributed by atoms with E-state index in [-0.39, 0.29) is 17.5 Å². The van der Waals surface area contributed by atoms with E-state index in [4.69, 9.17) is 4.42 Å². The maximum atomic E-state index is 13.4. The second-order valence-electron chi connectivity index (χ2n) is 7.48. The fourth-order valence-corrected chi connectivity index (χ4v) is 3.78. The summed E-state index contributed by atoms with van der Waals surface area (Å²) in [5.41, 5.74) is 3.89. The number of benzene rings is 2. The molecule has 0 aliphatic carbocycles. The molecule has 0 radical (unpaired) electrons. The number of nitrogens with zero attached hydrogens (tertiary/aromatic N) is 2. The SMILES string of the molecule is Cc1ccoc1C(=O)Nc1ccc(C(=O)C2Nc3ccccc3Cn3ccnc32)cc1. The van der Waals surface area contributed by atoms with Crippen molar-refractivity contribution in [2.75, 3.05) is 10.6 Å². The van der Waals surface area contributed by atoms with Gasteiger partial charge in [0.25, 0.3) is 5.91 Å². The summed E-state index contributed by atoms with van der Waals surface area (Å²) >= 11 is 0. The van der Waals surface area contributed by atoms with Crippen LogP contribution in [0.25, 0.3) is 0 Å². The van der Waals surface area contributed by atoms with Crippen molar-refractivity contribution in [3.63, 3.8) is 0 Å². The van der Waals surface area contributed by atoms with Crippen LogP contribution in [-0.4, -0.2) is 21.2 Å². The van der Waals surface area contributed by atoms with Gasteiger partial charge in [0.2, 0.25) is 0 Å². The summed E-state index contributed by atoms with van der Waals surface area (Å²) in [4.78, 5) is 30.1. The molecule has 1 aliphatic heterocycles. The lowest BCUT2D eigenvalue weighted by atomic mass is 10.0. The number of furan rings is 1. The highest BCUT2D eigenvalue weighted by atomic mass is 16.3. The molecule has 4 aromatic rings. The molecular weight excluding hydrogens is 392 g/mol. The number of fused-ring (bicyclic) bond motifs is 2. The lowest BCUT2D eigenvalue weighted by Crippen LogP contribution is -2.23. The smallest absolute Gasteiger partial charge is 0.291 e. The van der Waals surface area contributed by atoms with Crippen LogP contribution in [0, 0.1) is 6.92 Å². The molecule has 2 N–H and O–H groups in total. The lowest BCUT2D eigenvalue weighted by molar-refractivity contribution is 0.0964. The van der Waals surface area contributed by atoms with Crippen LogP contribution in [-0.2, 0) is 6.54 Å².